The van der Waals surface area contributed by atoms with Crippen LogP contribution in [0.4, 0.5) is 31.9 Å². The number of aryl methyl sites for hydroxylation is 3. The molecule has 0 aliphatic carbocycles. The summed E-state index contributed by atoms with van der Waals surface area (Å²) in [7, 11) is -10.9. The highest BCUT2D eigenvalue weighted by Gasteiger charge is 2.41. The van der Waals surface area contributed by atoms with Gasteiger partial charge in [0.2, 0.25) is 23.0 Å². The normalized spacial score (nSPS) is 15.5. The second-order valence-corrected chi connectivity index (χ2v) is 46.5. The number of benzene rings is 4. The lowest BCUT2D eigenvalue weighted by Gasteiger charge is -2.30. The molecule has 4 aliphatic rings. The molecule has 2 N–H and O–H groups in total. The molecule has 0 fully saturated rings. The maximum atomic E-state index is 13.6. The molecule has 0 spiro atoms. The fraction of sp³-hybridized carbons (Fsp3) is 0.495. The number of ketones is 3. The topological polar surface area (TPSA) is 505 Å². The number of nitrogens with zero attached hydrogens (tertiary/aromatic N) is 11. The van der Waals surface area contributed by atoms with Crippen molar-refractivity contribution >= 4 is 126 Å². The predicted molar refractivity (Wildman–Crippen MR) is 560 cm³/mol. The van der Waals surface area contributed by atoms with Crippen molar-refractivity contribution < 1.29 is 120 Å². The lowest BCUT2D eigenvalue weighted by atomic mass is 9.98. The Hall–Kier alpha value is -12.2. The molecule has 822 valence electrons. The van der Waals surface area contributed by atoms with Gasteiger partial charge in [0.05, 0.1) is 50.3 Å². The maximum Gasteiger partial charge on any atom is 0.410 e. The van der Waals surface area contributed by atoms with E-state index in [1.54, 1.807) is 74.4 Å². The van der Waals surface area contributed by atoms with Gasteiger partial charge in [-0.05, 0) is 241 Å². The van der Waals surface area contributed by atoms with Crippen LogP contribution in [0.2, 0.25) is 0 Å². The highest BCUT2D eigenvalue weighted by atomic mass is 79.9. The summed E-state index contributed by atoms with van der Waals surface area (Å²) in [5.41, 5.74) is 2.21. The van der Waals surface area contributed by atoms with E-state index in [0.717, 1.165) is 67.9 Å². The fourth-order valence-electron chi connectivity index (χ4n) is 16.2. The summed E-state index contributed by atoms with van der Waals surface area (Å²) in [6, 6.07) is 14.7. The van der Waals surface area contributed by atoms with E-state index in [0.29, 0.717) is 109 Å². The number of halogens is 6. The maximum absolute atomic E-state index is 13.6. The van der Waals surface area contributed by atoms with E-state index >= 15 is 0 Å². The lowest BCUT2D eigenvalue weighted by molar-refractivity contribution is 0.0192. The van der Waals surface area contributed by atoms with E-state index in [-0.39, 0.29) is 100 Å². The van der Waals surface area contributed by atoms with Crippen LogP contribution in [0, 0.1) is 23.3 Å². The Morgan fingerprint density at radius 3 is 0.953 bits per heavy atom. The van der Waals surface area contributed by atoms with Crippen molar-refractivity contribution in [2.24, 2.45) is 5.73 Å². The van der Waals surface area contributed by atoms with Gasteiger partial charge in [0, 0.05) is 88.0 Å². The Kier molecular flexibility index (Phi) is 44.2. The summed E-state index contributed by atoms with van der Waals surface area (Å²) in [6.45, 7) is 26.3. The van der Waals surface area contributed by atoms with Crippen molar-refractivity contribution in [1.29, 1.82) is 0 Å². The van der Waals surface area contributed by atoms with Gasteiger partial charge in [0.15, 0.2) is 40.1 Å². The lowest BCUT2D eigenvalue weighted by Crippen LogP contribution is -2.39. The first-order valence-corrected chi connectivity index (χ1v) is 56.3. The van der Waals surface area contributed by atoms with E-state index in [1.165, 1.54) is 127 Å². The summed E-state index contributed by atoms with van der Waals surface area (Å²) < 4.78 is 195. The van der Waals surface area contributed by atoms with E-state index in [9.17, 15) is 104 Å². The quantitative estimate of drug-likeness (QED) is 0.0156. The minimum absolute atomic E-state index is 0. The Morgan fingerprint density at radius 1 is 0.420 bits per heavy atom. The number of aromatic nitrogens is 8. The standard InChI is InChI=1S/C27H34FN3O7S.C25H31BrFN3O7S.C23H27FN2O5S.C18H27N3O8S.C7H7BrFN.CH4/c1-7-17-16-19(28)13-11-18(17)12-14-21(32)22-23(38-39(6,35)36)25(33)31-15-9-8-10-20(24(31)29-22)30(5)26(34)37-27(2,3)4;1-25(2,3)36-24(33)29(4)18-8-6-7-13-30-22(18)28-20(21(23(30)32)37-38(5,34)35)19(31)12-10-15-9-11-16(27)14-17(15)26;1-4-15-8-6-7-13-26-22(15)25-20(21(23(26)28)31-32(3,29)30)19(27)12-10-17-9-11-18(24)14-16(17)5-2;1-18(2,3)28-17(24)20(4)11-9-7-8-10-21-14(11)19-12(16(23)27-5)13(15(21)22)29-30(6,25)26;8-7-3-6(9)2-1-5(7)4-10;/h7,11,13,16,20H,1,8-10,12,14-15H2,2-6H3;9,11,14,18H,6-8,10,12-13H2,1-5H3;5,9,11,14-15H,2,4,6-8,10,12-13H2,1,3H3;11H,7-10H2,1-6H3;1-3H,4,10H2;1H4. The van der Waals surface area contributed by atoms with Gasteiger partial charge in [-0.3, -0.25) is 51.8 Å². The molecule has 4 aromatic heterocycles. The molecule has 0 saturated heterocycles. The number of ether oxygens (including phenoxy) is 4. The van der Waals surface area contributed by atoms with Crippen molar-refractivity contribution in [1.82, 2.24) is 52.9 Å². The van der Waals surface area contributed by atoms with Gasteiger partial charge >= 0.3 is 64.7 Å². The minimum atomic E-state index is -4.18. The zero-order valence-corrected chi connectivity index (χ0v) is 92.6. The van der Waals surface area contributed by atoms with Gasteiger partial charge in [-0.25, -0.2) is 56.7 Å². The van der Waals surface area contributed by atoms with E-state index < -0.39 is 197 Å². The van der Waals surface area contributed by atoms with Crippen molar-refractivity contribution in [3.05, 3.63) is 239 Å². The number of methoxy groups -OCH3 is 1. The van der Waals surface area contributed by atoms with E-state index in [1.807, 2.05) is 6.92 Å². The smallest absolute Gasteiger partial charge is 0.410 e. The van der Waals surface area contributed by atoms with Crippen LogP contribution >= 0.6 is 31.9 Å². The molecule has 12 rings (SSSR count). The number of hydrogen-bond acceptors (Lipinski definition) is 32. The number of amides is 3. The van der Waals surface area contributed by atoms with Crippen molar-refractivity contribution in [3.63, 3.8) is 0 Å². The Bertz CT molecular complexity index is 7130. The van der Waals surface area contributed by atoms with E-state index in [4.69, 9.17) is 36.7 Å². The number of carbonyl (C=O) groups excluding carboxylic acids is 7. The third kappa shape index (κ3) is 35.5. The molecule has 8 aromatic rings. The Balaban J connectivity index is 0.000000262. The van der Waals surface area contributed by atoms with Gasteiger partial charge in [-0.2, -0.15) is 33.7 Å². The van der Waals surface area contributed by atoms with E-state index in [2.05, 4.69) is 69.7 Å². The monoisotopic (exact) mass is 2300 g/mol. The van der Waals surface area contributed by atoms with Crippen LogP contribution in [0.15, 0.2) is 114 Å². The Labute approximate surface area is 886 Å². The van der Waals surface area contributed by atoms with Gasteiger partial charge in [0.25, 0.3) is 22.2 Å². The molecule has 8 heterocycles. The number of carbonyl (C=O) groups is 7. The van der Waals surface area contributed by atoms with Crippen LogP contribution in [0.5, 0.6) is 23.0 Å². The molecule has 4 atom stereocenters. The predicted octanol–water partition coefficient (Wildman–Crippen LogP) is 16.7. The number of hydrogen-bond donors (Lipinski definition) is 1. The zero-order chi connectivity index (χ0) is 111. The van der Waals surface area contributed by atoms with Gasteiger partial charge in [0.1, 0.15) is 63.4 Å². The first-order valence-electron chi connectivity index (χ1n) is 47.4. The van der Waals surface area contributed by atoms with Crippen LogP contribution in [-0.4, -0.2) is 198 Å². The molecular formula is C101H130Br2F4N12O27S4. The highest BCUT2D eigenvalue weighted by molar-refractivity contribution is 9.10. The third-order valence-corrected chi connectivity index (χ3v) is 26.6. The molecule has 150 heavy (non-hydrogen) atoms. The summed E-state index contributed by atoms with van der Waals surface area (Å²) in [5, 5.41) is 0. The molecule has 0 saturated carbocycles. The second-order valence-electron chi connectivity index (χ2n) is 38.5. The highest BCUT2D eigenvalue weighted by Crippen LogP contribution is 2.38. The van der Waals surface area contributed by atoms with Gasteiger partial charge < -0.3 is 56.1 Å². The van der Waals surface area contributed by atoms with Crippen molar-refractivity contribution in [2.45, 2.75) is 272 Å². The van der Waals surface area contributed by atoms with Crippen molar-refractivity contribution in [3.8, 4) is 23.0 Å². The summed E-state index contributed by atoms with van der Waals surface area (Å²) >= 11 is 6.45. The summed E-state index contributed by atoms with van der Waals surface area (Å²) in [5.74, 6) is -6.12. The number of esters is 1. The largest absolute Gasteiger partial charge is 0.464 e. The molecule has 4 aliphatic heterocycles. The van der Waals surface area contributed by atoms with Crippen LogP contribution in [0.3, 0.4) is 0 Å². The second kappa shape index (κ2) is 53.2. The SMILES string of the molecule is C.C=Cc1cc(F)ccc1CCC(=O)c1nc2n(c(=O)c1OS(C)(=O)=O)CCCCC2CC.C=Cc1cc(F)ccc1CCC(=O)c1nc2n(c(=O)c1OS(C)(=O)=O)CCCCC2N(C)C(=O)OC(C)(C)C.CN(C(=O)OC(C)(C)C)C1CCCCn2c1nc(C(=O)CCc1ccc(F)cc1Br)c(OS(C)(=O)=O)c2=O.COC(=O)c1nc2n(c(=O)c1OS(C)(=O)=O)CCCCC2N(C)C(=O)OC(C)(C)C.NCc1ccc(F)cc1Br. The molecule has 0 bridgehead atoms. The van der Waals surface area contributed by atoms with Crippen LogP contribution in [-0.2, 0) is 111 Å². The molecule has 49 heteroatoms. The molecule has 39 nitrogen and oxygen atoms in total. The zero-order valence-electron chi connectivity index (χ0n) is 86.2. The van der Waals surface area contributed by atoms with Crippen molar-refractivity contribution in [2.75, 3.05) is 53.3 Å². The average Bonchev–Trinajstić information content (AvgIpc) is 1.36. The fourth-order valence-corrected chi connectivity index (χ4v) is 19.1. The first-order chi connectivity index (χ1) is 69.3. The molecule has 4 unspecified atom stereocenters. The summed E-state index contributed by atoms with van der Waals surface area (Å²) in [6.07, 6.45) is 12.6. The first kappa shape index (κ1) is 125. The molecule has 3 amide bonds. The third-order valence-electron chi connectivity index (χ3n) is 23.2. The molecule has 0 radical (unpaired) electrons. The van der Waals surface area contributed by atoms with Crippen LogP contribution in [0.25, 0.3) is 12.2 Å². The average molecular weight is 2310 g/mol. The number of nitrogens with two attached hydrogens (primary N) is 1. The van der Waals surface area contributed by atoms with Crippen LogP contribution < -0.4 is 44.7 Å². The minimum Gasteiger partial charge on any atom is -0.464 e. The van der Waals surface area contributed by atoms with Gasteiger partial charge in [-0.1, -0.05) is 102 Å². The molecule has 4 aromatic carbocycles. The van der Waals surface area contributed by atoms with Crippen LogP contribution in [0.1, 0.15) is 302 Å². The summed E-state index contributed by atoms with van der Waals surface area (Å²) in [4.78, 5) is 165. The van der Waals surface area contributed by atoms with Gasteiger partial charge in [-0.15, -0.1) is 0 Å². The molecular weight excluding hydrogens is 2180 g/mol. The number of fused-ring (bicyclic) bond motifs is 4. The number of rotatable bonds is 28. The number of Topliss-reactive ketones (excluding diaryl/α,β-unsaturated/α-hetero) is 3. The Morgan fingerprint density at radius 2 is 0.680 bits per heavy atom.